The fraction of sp³-hybridized carbons (Fsp3) is 0.400. The van der Waals surface area contributed by atoms with Crippen molar-refractivity contribution in [3.8, 4) is 11.4 Å². The molecule has 0 saturated heterocycles. The molecule has 0 unspecified atom stereocenters. The Morgan fingerprint density at radius 1 is 1.19 bits per heavy atom. The van der Waals surface area contributed by atoms with Crippen molar-refractivity contribution in [1.82, 2.24) is 9.36 Å². The third kappa shape index (κ3) is 2.80. The van der Waals surface area contributed by atoms with Gasteiger partial charge in [-0.1, -0.05) is 6.92 Å². The van der Waals surface area contributed by atoms with Crippen molar-refractivity contribution in [3.05, 3.63) is 40.3 Å². The van der Waals surface area contributed by atoms with Crippen molar-refractivity contribution in [2.24, 2.45) is 0 Å². The Morgan fingerprint density at radius 3 is 2.38 bits per heavy atom. The van der Waals surface area contributed by atoms with Gasteiger partial charge in [0, 0.05) is 13.7 Å². The summed E-state index contributed by atoms with van der Waals surface area (Å²) in [7, 11) is 3.20. The van der Waals surface area contributed by atoms with E-state index in [1.54, 1.807) is 18.9 Å². The van der Waals surface area contributed by atoms with Gasteiger partial charge in [-0.2, -0.15) is 0 Å². The summed E-state index contributed by atoms with van der Waals surface area (Å²) < 4.78 is 13.8. The number of hydrogen-bond donors (Lipinski definition) is 1. The summed E-state index contributed by atoms with van der Waals surface area (Å²) in [5, 5.41) is 0. The first-order valence-corrected chi connectivity index (χ1v) is 6.87. The number of ether oxygens (including phenoxy) is 2. The van der Waals surface area contributed by atoms with Crippen molar-refractivity contribution >= 4 is 5.69 Å². The lowest BCUT2D eigenvalue weighted by Crippen LogP contribution is -2.22. The van der Waals surface area contributed by atoms with E-state index in [9.17, 15) is 4.79 Å². The van der Waals surface area contributed by atoms with Gasteiger partial charge in [0.15, 0.2) is 0 Å². The molecule has 21 heavy (non-hydrogen) atoms. The molecule has 6 heteroatoms. The van der Waals surface area contributed by atoms with Gasteiger partial charge >= 0.3 is 0 Å². The SMILES string of the molecule is CCCn1c(COC)c(N)c(=O)n1-c1ccc(OC)cc1. The first-order chi connectivity index (χ1) is 10.1. The third-order valence-electron chi connectivity index (χ3n) is 3.32. The van der Waals surface area contributed by atoms with Gasteiger partial charge in [-0.3, -0.25) is 9.48 Å². The molecule has 0 amide bonds. The van der Waals surface area contributed by atoms with Gasteiger partial charge in [-0.05, 0) is 30.7 Å². The summed E-state index contributed by atoms with van der Waals surface area (Å²) in [6.45, 7) is 3.05. The van der Waals surface area contributed by atoms with E-state index >= 15 is 0 Å². The normalized spacial score (nSPS) is 10.8. The van der Waals surface area contributed by atoms with Crippen molar-refractivity contribution in [2.45, 2.75) is 26.5 Å². The standard InChI is InChI=1S/C15H21N3O3/c1-4-9-17-13(10-20-2)14(16)15(19)18(17)11-5-7-12(21-3)8-6-11/h5-8H,4,9-10,16H2,1-3H3. The molecule has 2 N–H and O–H groups in total. The Hall–Kier alpha value is -2.21. The highest BCUT2D eigenvalue weighted by atomic mass is 16.5. The predicted molar refractivity (Wildman–Crippen MR) is 82.0 cm³/mol. The summed E-state index contributed by atoms with van der Waals surface area (Å²) in [6, 6.07) is 7.30. The molecule has 2 rings (SSSR count). The fourth-order valence-corrected chi connectivity index (χ4v) is 2.32. The van der Waals surface area contributed by atoms with Crippen LogP contribution >= 0.6 is 0 Å². The number of anilines is 1. The molecule has 0 aliphatic heterocycles. The van der Waals surface area contributed by atoms with Gasteiger partial charge in [-0.15, -0.1) is 0 Å². The molecule has 0 atom stereocenters. The predicted octanol–water partition coefficient (Wildman–Crippen LogP) is 1.79. The van der Waals surface area contributed by atoms with Crippen LogP contribution in [0.2, 0.25) is 0 Å². The number of nitrogen functional groups attached to an aromatic ring is 1. The van der Waals surface area contributed by atoms with Crippen molar-refractivity contribution in [1.29, 1.82) is 0 Å². The topological polar surface area (TPSA) is 71.4 Å². The summed E-state index contributed by atoms with van der Waals surface area (Å²) in [5.74, 6) is 0.741. The van der Waals surface area contributed by atoms with E-state index < -0.39 is 0 Å². The smallest absolute Gasteiger partial charge is 0.294 e. The number of nitrogens with zero attached hydrogens (tertiary/aromatic N) is 2. The van der Waals surface area contributed by atoms with Crippen LogP contribution in [0.3, 0.4) is 0 Å². The van der Waals surface area contributed by atoms with Crippen LogP contribution in [0.15, 0.2) is 29.1 Å². The summed E-state index contributed by atoms with van der Waals surface area (Å²) >= 11 is 0. The first-order valence-electron chi connectivity index (χ1n) is 6.87. The quantitative estimate of drug-likeness (QED) is 0.880. The molecule has 1 heterocycles. The monoisotopic (exact) mass is 291 g/mol. The van der Waals surface area contributed by atoms with Crippen LogP contribution in [0.25, 0.3) is 5.69 Å². The molecular formula is C15H21N3O3. The Labute approximate surface area is 123 Å². The number of aromatic nitrogens is 2. The first kappa shape index (κ1) is 15.2. The molecule has 1 aromatic carbocycles. The second-order valence-corrected chi connectivity index (χ2v) is 4.73. The highest BCUT2D eigenvalue weighted by Gasteiger charge is 2.18. The maximum Gasteiger partial charge on any atom is 0.294 e. The molecule has 0 aliphatic carbocycles. The van der Waals surface area contributed by atoms with Crippen molar-refractivity contribution in [3.63, 3.8) is 0 Å². The zero-order valence-corrected chi connectivity index (χ0v) is 12.6. The minimum Gasteiger partial charge on any atom is -0.497 e. The van der Waals surface area contributed by atoms with E-state index in [4.69, 9.17) is 15.2 Å². The van der Waals surface area contributed by atoms with Crippen LogP contribution in [-0.4, -0.2) is 23.6 Å². The lowest BCUT2D eigenvalue weighted by molar-refractivity contribution is 0.176. The molecule has 0 saturated carbocycles. The van der Waals surface area contributed by atoms with Crippen LogP contribution < -0.4 is 16.0 Å². The molecule has 0 radical (unpaired) electrons. The van der Waals surface area contributed by atoms with E-state index in [2.05, 4.69) is 6.92 Å². The largest absolute Gasteiger partial charge is 0.497 e. The number of rotatable bonds is 6. The zero-order chi connectivity index (χ0) is 15.4. The lowest BCUT2D eigenvalue weighted by atomic mass is 10.3. The second kappa shape index (κ2) is 6.49. The van der Waals surface area contributed by atoms with E-state index in [0.29, 0.717) is 18.8 Å². The van der Waals surface area contributed by atoms with Gasteiger partial charge in [0.1, 0.15) is 11.4 Å². The zero-order valence-electron chi connectivity index (χ0n) is 12.6. The van der Waals surface area contributed by atoms with Crippen LogP contribution in [0.5, 0.6) is 5.75 Å². The van der Waals surface area contributed by atoms with Crippen LogP contribution in [0, 0.1) is 0 Å². The summed E-state index contributed by atoms with van der Waals surface area (Å²) in [4.78, 5) is 12.4. The molecule has 0 fully saturated rings. The Balaban J connectivity index is 2.60. The lowest BCUT2D eigenvalue weighted by Gasteiger charge is -2.14. The fourth-order valence-electron chi connectivity index (χ4n) is 2.32. The van der Waals surface area contributed by atoms with Gasteiger partial charge in [0.05, 0.1) is 25.1 Å². The second-order valence-electron chi connectivity index (χ2n) is 4.73. The minimum absolute atomic E-state index is 0.222. The molecule has 114 valence electrons. The molecule has 0 bridgehead atoms. The van der Waals surface area contributed by atoms with Crippen LogP contribution in [0.4, 0.5) is 5.69 Å². The number of nitrogens with two attached hydrogens (primary N) is 1. The number of benzene rings is 1. The molecular weight excluding hydrogens is 270 g/mol. The number of hydrogen-bond acceptors (Lipinski definition) is 4. The van der Waals surface area contributed by atoms with Gasteiger partial charge < -0.3 is 15.2 Å². The van der Waals surface area contributed by atoms with E-state index in [1.165, 1.54) is 0 Å². The van der Waals surface area contributed by atoms with E-state index in [0.717, 1.165) is 17.9 Å². The van der Waals surface area contributed by atoms with Gasteiger partial charge in [0.2, 0.25) is 0 Å². The molecule has 0 aliphatic rings. The maximum atomic E-state index is 12.4. The van der Waals surface area contributed by atoms with Crippen molar-refractivity contribution in [2.75, 3.05) is 20.0 Å². The maximum absolute atomic E-state index is 12.4. The number of methoxy groups -OCH3 is 2. The Morgan fingerprint density at radius 2 is 1.86 bits per heavy atom. The Kier molecular flexibility index (Phi) is 4.70. The highest BCUT2D eigenvalue weighted by molar-refractivity contribution is 5.46. The molecule has 0 spiro atoms. The molecule has 6 nitrogen and oxygen atoms in total. The molecule has 2 aromatic rings. The average molecular weight is 291 g/mol. The van der Waals surface area contributed by atoms with Crippen LogP contribution in [0.1, 0.15) is 19.0 Å². The van der Waals surface area contributed by atoms with Crippen LogP contribution in [-0.2, 0) is 17.9 Å². The minimum atomic E-state index is -0.222. The van der Waals surface area contributed by atoms with Gasteiger partial charge in [-0.25, -0.2) is 4.68 Å². The summed E-state index contributed by atoms with van der Waals surface area (Å²) in [6.07, 6.45) is 0.889. The van der Waals surface area contributed by atoms with Gasteiger partial charge in [0.25, 0.3) is 5.56 Å². The third-order valence-corrected chi connectivity index (χ3v) is 3.32. The van der Waals surface area contributed by atoms with E-state index in [1.807, 2.05) is 28.9 Å². The average Bonchev–Trinajstić information content (AvgIpc) is 2.73. The summed E-state index contributed by atoms with van der Waals surface area (Å²) in [5.41, 5.74) is 7.43. The molecule has 1 aromatic heterocycles. The van der Waals surface area contributed by atoms with E-state index in [-0.39, 0.29) is 11.2 Å². The Bertz CT molecular complexity index is 656. The van der Waals surface area contributed by atoms with Crippen molar-refractivity contribution < 1.29 is 9.47 Å². The highest BCUT2D eigenvalue weighted by Crippen LogP contribution is 2.18.